The molecule has 5 heteroatoms. The number of furan rings is 1. The van der Waals surface area contributed by atoms with Crippen LogP contribution in [0.5, 0.6) is 0 Å². The maximum Gasteiger partial charge on any atom is 0.333 e. The van der Waals surface area contributed by atoms with E-state index in [1.807, 2.05) is 11.3 Å². The summed E-state index contributed by atoms with van der Waals surface area (Å²) >= 11 is 1.99. The van der Waals surface area contributed by atoms with E-state index < -0.39 is 0 Å². The van der Waals surface area contributed by atoms with Gasteiger partial charge in [0.1, 0.15) is 11.2 Å². The summed E-state index contributed by atoms with van der Waals surface area (Å²) in [6, 6.07) is 55.9. The number of hydrogen-bond acceptors (Lipinski definition) is 4. The van der Waals surface area contributed by atoms with Crippen LogP contribution in [0.4, 0.5) is 28.4 Å². The van der Waals surface area contributed by atoms with Gasteiger partial charge in [-0.1, -0.05) is 165 Å². The van der Waals surface area contributed by atoms with Crippen LogP contribution in [0.3, 0.4) is 0 Å². The molecule has 0 fully saturated rings. The van der Waals surface area contributed by atoms with Crippen molar-refractivity contribution in [1.29, 1.82) is 0 Å². The van der Waals surface area contributed by atoms with Gasteiger partial charge in [0.2, 0.25) is 0 Å². The van der Waals surface area contributed by atoms with Crippen molar-refractivity contribution in [3.05, 3.63) is 173 Å². The number of thiophene rings is 1. The van der Waals surface area contributed by atoms with E-state index in [1.54, 1.807) is 0 Å². The second-order valence-corrected chi connectivity index (χ2v) is 24.2. The Kier molecular flexibility index (Phi) is 7.96. The molecule has 10 aromatic rings. The molecular weight excluding hydrogens is 844 g/mol. The molecule has 68 heavy (non-hydrogen) atoms. The molecule has 3 aliphatic heterocycles. The largest absolute Gasteiger partial charge is 0.455 e. The normalized spacial score (nSPS) is 17.0. The minimum absolute atomic E-state index is 0.0446. The van der Waals surface area contributed by atoms with Crippen molar-refractivity contribution in [3.63, 3.8) is 0 Å². The van der Waals surface area contributed by atoms with E-state index in [-0.39, 0.29) is 28.5 Å². The van der Waals surface area contributed by atoms with Crippen molar-refractivity contribution in [2.24, 2.45) is 0 Å². The minimum Gasteiger partial charge on any atom is -0.455 e. The number of fused-ring (bicyclic) bond motifs is 15. The van der Waals surface area contributed by atoms with Crippen molar-refractivity contribution in [2.45, 2.75) is 96.8 Å². The van der Waals surface area contributed by atoms with Gasteiger partial charge >= 0.3 is 6.85 Å². The van der Waals surface area contributed by atoms with Crippen LogP contribution in [0.15, 0.2) is 150 Å². The molecule has 0 radical (unpaired) electrons. The summed E-state index contributed by atoms with van der Waals surface area (Å²) < 4.78 is 9.87. The van der Waals surface area contributed by atoms with Gasteiger partial charge in [-0.05, 0) is 116 Å². The predicted octanol–water partition coefficient (Wildman–Crippen LogP) is 16.6. The van der Waals surface area contributed by atoms with Crippen LogP contribution < -0.4 is 20.6 Å². The summed E-state index contributed by atoms with van der Waals surface area (Å²) in [7, 11) is 0. The van der Waals surface area contributed by atoms with Crippen LogP contribution >= 0.6 is 11.3 Å². The van der Waals surface area contributed by atoms with E-state index in [0.29, 0.717) is 0 Å². The van der Waals surface area contributed by atoms with Crippen LogP contribution in [0.2, 0.25) is 0 Å². The average Bonchev–Trinajstić information content (AvgIpc) is 3.90. The molecule has 0 saturated carbocycles. The molecule has 0 unspecified atom stereocenters. The van der Waals surface area contributed by atoms with Crippen LogP contribution in [-0.2, 0) is 21.7 Å². The third-order valence-electron chi connectivity index (χ3n) is 16.8. The molecule has 8 aromatic carbocycles. The number of hydrogen-bond donors (Lipinski definition) is 0. The Balaban J connectivity index is 1.19. The first-order valence-corrected chi connectivity index (χ1v) is 25.5. The molecule has 0 spiro atoms. The van der Waals surface area contributed by atoms with Gasteiger partial charge in [0, 0.05) is 65.4 Å². The zero-order chi connectivity index (χ0) is 46.4. The zero-order valence-electron chi connectivity index (χ0n) is 40.6. The molecule has 5 heterocycles. The van der Waals surface area contributed by atoms with Gasteiger partial charge in [0.15, 0.2) is 0 Å². The molecule has 0 atom stereocenters. The molecule has 332 valence electrons. The molecular formula is C63H55BN2OS. The standard InChI is InChI=1S/C63H55BN2OS/c1-60(2,3)37-26-29-49(41(32-37)36-18-11-10-12-19-36)65-51-34-43-38-20-13-16-25-52(38)67-58(43)54-40-21-17-23-45-56(40)66(50-24-15-14-22-44(50)63(45,8)9)64(55(51)54)48-28-27-39-42-33-46-47(35-53(42)68-59(39)57(48)65)62(6,7)31-30-61(46,4)5/h10-29,32-35H,30-31H2,1-9H3. The highest BCUT2D eigenvalue weighted by Gasteiger charge is 2.52. The second-order valence-electron chi connectivity index (χ2n) is 23.1. The maximum absolute atomic E-state index is 7.16. The van der Waals surface area contributed by atoms with E-state index >= 15 is 0 Å². The summed E-state index contributed by atoms with van der Waals surface area (Å²) in [6.45, 7) is 21.5. The molecule has 0 saturated heterocycles. The van der Waals surface area contributed by atoms with Gasteiger partial charge in [-0.2, -0.15) is 0 Å². The first kappa shape index (κ1) is 40.5. The van der Waals surface area contributed by atoms with Crippen molar-refractivity contribution < 1.29 is 4.42 Å². The van der Waals surface area contributed by atoms with Crippen molar-refractivity contribution >= 4 is 99.7 Å². The van der Waals surface area contributed by atoms with Gasteiger partial charge < -0.3 is 14.1 Å². The van der Waals surface area contributed by atoms with E-state index in [4.69, 9.17) is 4.42 Å². The molecule has 2 aromatic heterocycles. The van der Waals surface area contributed by atoms with Gasteiger partial charge in [0.05, 0.1) is 16.1 Å². The monoisotopic (exact) mass is 898 g/mol. The van der Waals surface area contributed by atoms with Gasteiger partial charge in [-0.3, -0.25) is 0 Å². The molecule has 1 aliphatic carbocycles. The lowest BCUT2D eigenvalue weighted by atomic mass is 9.42. The summed E-state index contributed by atoms with van der Waals surface area (Å²) in [5, 5.41) is 4.99. The van der Waals surface area contributed by atoms with E-state index in [1.165, 1.54) is 122 Å². The molecule has 0 N–H and O–H groups in total. The van der Waals surface area contributed by atoms with Crippen LogP contribution in [0.1, 0.15) is 103 Å². The number of benzene rings is 8. The SMILES string of the molecule is CC(C)(C)c1ccc(N2c3cc4c(oc5ccccc54)c4c3B(c3ccc5c(sc6cc7c(cc65)C(C)(C)CCC7(C)C)c32)N2c3ccccc3C(C)(C)c3cccc-4c32)c(-c2ccccc2)c1. The minimum atomic E-state index is -0.223. The highest BCUT2D eigenvalue weighted by molar-refractivity contribution is 7.26. The highest BCUT2D eigenvalue weighted by atomic mass is 32.1. The Hall–Kier alpha value is -6.56. The third-order valence-corrected chi connectivity index (χ3v) is 18.0. The lowest BCUT2D eigenvalue weighted by molar-refractivity contribution is 0.332. The highest BCUT2D eigenvalue weighted by Crippen LogP contribution is 2.59. The molecule has 3 nitrogen and oxygen atoms in total. The van der Waals surface area contributed by atoms with Crippen molar-refractivity contribution in [2.75, 3.05) is 9.71 Å². The summed E-state index contributed by atoms with van der Waals surface area (Å²) in [5.41, 5.74) is 22.6. The Bertz CT molecular complexity index is 3840. The predicted molar refractivity (Wildman–Crippen MR) is 292 cm³/mol. The molecule has 4 aliphatic rings. The van der Waals surface area contributed by atoms with Gasteiger partial charge in [0.25, 0.3) is 0 Å². The quantitative estimate of drug-likeness (QED) is 0.161. The smallest absolute Gasteiger partial charge is 0.333 e. The lowest BCUT2D eigenvalue weighted by Crippen LogP contribution is -2.63. The Morgan fingerprint density at radius 1 is 0.559 bits per heavy atom. The Labute approximate surface area is 404 Å². The van der Waals surface area contributed by atoms with Crippen LogP contribution in [0, 0.1) is 0 Å². The first-order valence-electron chi connectivity index (χ1n) is 24.7. The summed E-state index contributed by atoms with van der Waals surface area (Å²) in [5.74, 6) is 0. The number of anilines is 5. The van der Waals surface area contributed by atoms with Crippen LogP contribution in [-0.4, -0.2) is 6.85 Å². The van der Waals surface area contributed by atoms with Gasteiger partial charge in [-0.25, -0.2) is 0 Å². The second kappa shape index (κ2) is 13.4. The van der Waals surface area contributed by atoms with E-state index in [0.717, 1.165) is 21.9 Å². The average molecular weight is 899 g/mol. The third kappa shape index (κ3) is 5.26. The zero-order valence-corrected chi connectivity index (χ0v) is 41.4. The maximum atomic E-state index is 7.16. The van der Waals surface area contributed by atoms with Crippen LogP contribution in [0.25, 0.3) is 64.4 Å². The van der Waals surface area contributed by atoms with E-state index in [2.05, 4.69) is 218 Å². The number of nitrogens with zero attached hydrogens (tertiary/aromatic N) is 2. The van der Waals surface area contributed by atoms with E-state index in [9.17, 15) is 0 Å². The van der Waals surface area contributed by atoms with Gasteiger partial charge in [-0.15, -0.1) is 11.3 Å². The fourth-order valence-electron chi connectivity index (χ4n) is 13.0. The fourth-order valence-corrected chi connectivity index (χ4v) is 14.3. The molecule has 0 amide bonds. The summed E-state index contributed by atoms with van der Waals surface area (Å²) in [6.07, 6.45) is 2.38. The number of rotatable bonds is 2. The lowest BCUT2D eigenvalue weighted by Gasteiger charge is -2.51. The molecule has 14 rings (SSSR count). The van der Waals surface area contributed by atoms with Crippen molar-refractivity contribution in [3.8, 4) is 22.3 Å². The first-order chi connectivity index (χ1) is 32.6. The molecule has 0 bridgehead atoms. The summed E-state index contributed by atoms with van der Waals surface area (Å²) in [4.78, 5) is 5.42. The van der Waals surface area contributed by atoms with Crippen molar-refractivity contribution in [1.82, 2.24) is 0 Å². The fraction of sp³-hybridized carbons (Fsp3) is 0.238. The number of para-hydroxylation sites is 3. The Morgan fingerprint density at radius 3 is 2.07 bits per heavy atom. The Morgan fingerprint density at radius 2 is 1.28 bits per heavy atom. The topological polar surface area (TPSA) is 19.6 Å².